The Morgan fingerprint density at radius 2 is 1.61 bits per heavy atom. The van der Waals surface area contributed by atoms with E-state index in [1.165, 1.54) is 0 Å². The molecule has 0 saturated heterocycles. The van der Waals surface area contributed by atoms with Crippen LogP contribution in [0.1, 0.15) is 38.2 Å². The van der Waals surface area contributed by atoms with Crippen LogP contribution < -0.4 is 9.47 Å². The minimum atomic E-state index is -1.13. The van der Waals surface area contributed by atoms with Crippen LogP contribution >= 0.6 is 0 Å². The molecule has 2 aromatic carbocycles. The Labute approximate surface area is 162 Å². The number of hydrogen-bond donors (Lipinski definition) is 2. The van der Waals surface area contributed by atoms with E-state index >= 15 is 0 Å². The minimum absolute atomic E-state index is 0.195. The molecule has 28 heavy (non-hydrogen) atoms. The van der Waals surface area contributed by atoms with E-state index in [1.807, 2.05) is 26.8 Å². The first-order valence-corrected chi connectivity index (χ1v) is 8.60. The van der Waals surface area contributed by atoms with Crippen LogP contribution in [0.15, 0.2) is 24.3 Å². The molecule has 7 nitrogen and oxygen atoms in total. The Bertz CT molecular complexity index is 915. The van der Waals surface area contributed by atoms with Crippen molar-refractivity contribution in [2.75, 3.05) is 13.2 Å². The lowest BCUT2D eigenvalue weighted by Crippen LogP contribution is -2.13. The number of rotatable bonds is 9. The number of hydrogen-bond acceptors (Lipinski definition) is 5. The van der Waals surface area contributed by atoms with Gasteiger partial charge in [0.25, 0.3) is 0 Å². The largest absolute Gasteiger partial charge is 0.481 e. The lowest BCUT2D eigenvalue weighted by Gasteiger charge is -2.18. The van der Waals surface area contributed by atoms with E-state index in [2.05, 4.69) is 0 Å². The summed E-state index contributed by atoms with van der Waals surface area (Å²) in [5, 5.41) is 17.7. The number of benzene rings is 2. The zero-order chi connectivity index (χ0) is 20.8. The van der Waals surface area contributed by atoms with Gasteiger partial charge in [-0.15, -0.1) is 0 Å². The molecule has 148 valence electrons. The monoisotopic (exact) mass is 386 g/mol. The van der Waals surface area contributed by atoms with Crippen molar-refractivity contribution in [1.82, 2.24) is 0 Å². The summed E-state index contributed by atoms with van der Waals surface area (Å²) in [6.45, 7) is 4.77. The number of aliphatic carboxylic acids is 2. The average molecular weight is 386 g/mol. The van der Waals surface area contributed by atoms with Crippen LogP contribution in [-0.2, 0) is 16.0 Å². The van der Waals surface area contributed by atoms with Gasteiger partial charge in [0.05, 0.1) is 5.56 Å². The molecule has 2 rings (SSSR count). The molecule has 0 saturated carbocycles. The van der Waals surface area contributed by atoms with Gasteiger partial charge >= 0.3 is 11.9 Å². The maximum Gasteiger partial charge on any atom is 0.341 e. The van der Waals surface area contributed by atoms with Crippen molar-refractivity contribution in [3.8, 4) is 11.5 Å². The van der Waals surface area contributed by atoms with Crippen molar-refractivity contribution < 1.29 is 34.1 Å². The summed E-state index contributed by atoms with van der Waals surface area (Å²) in [4.78, 5) is 33.0. The van der Waals surface area contributed by atoms with Crippen LogP contribution in [0.25, 0.3) is 0 Å². The normalized spacial score (nSPS) is 10.4. The highest BCUT2D eigenvalue weighted by Crippen LogP contribution is 2.32. The summed E-state index contributed by atoms with van der Waals surface area (Å²) in [7, 11) is 0. The predicted octanol–water partition coefficient (Wildman–Crippen LogP) is 2.94. The number of carboxylic acid groups (broad SMARTS) is 2. The van der Waals surface area contributed by atoms with E-state index in [4.69, 9.17) is 19.7 Å². The van der Waals surface area contributed by atoms with Crippen LogP contribution in [0, 0.1) is 20.8 Å². The number of carboxylic acids is 2. The van der Waals surface area contributed by atoms with E-state index in [0.717, 1.165) is 27.8 Å². The highest BCUT2D eigenvalue weighted by atomic mass is 16.5. The van der Waals surface area contributed by atoms with Crippen molar-refractivity contribution in [2.45, 2.75) is 27.2 Å². The first kappa shape index (κ1) is 21.0. The van der Waals surface area contributed by atoms with Gasteiger partial charge in [-0.1, -0.05) is 12.1 Å². The summed E-state index contributed by atoms with van der Waals surface area (Å²) in [6.07, 6.45) is 1.03. The first-order chi connectivity index (χ1) is 13.2. The van der Waals surface area contributed by atoms with Crippen LogP contribution in [0.3, 0.4) is 0 Å². The highest BCUT2D eigenvalue weighted by molar-refractivity contribution is 5.80. The highest BCUT2D eigenvalue weighted by Gasteiger charge is 2.16. The molecule has 0 bridgehead atoms. The summed E-state index contributed by atoms with van der Waals surface area (Å²) < 4.78 is 10.6. The molecule has 2 N–H and O–H groups in total. The Kier molecular flexibility index (Phi) is 6.76. The van der Waals surface area contributed by atoms with Crippen molar-refractivity contribution in [3.05, 3.63) is 57.6 Å². The second-order valence-corrected chi connectivity index (χ2v) is 6.47. The fourth-order valence-corrected chi connectivity index (χ4v) is 2.97. The van der Waals surface area contributed by atoms with Crippen molar-refractivity contribution in [1.29, 1.82) is 0 Å². The fourth-order valence-electron chi connectivity index (χ4n) is 2.97. The van der Waals surface area contributed by atoms with Gasteiger partial charge in [0.1, 0.15) is 11.5 Å². The van der Waals surface area contributed by atoms with E-state index in [0.29, 0.717) is 18.5 Å². The number of carbonyl (C=O) groups is 3. The third-order valence-electron chi connectivity index (χ3n) is 4.38. The van der Waals surface area contributed by atoms with Gasteiger partial charge in [0.2, 0.25) is 0 Å². The molecule has 0 aromatic heterocycles. The third kappa shape index (κ3) is 5.09. The maximum atomic E-state index is 11.4. The SMILES string of the molecule is Cc1cc(C)c(OCC(=O)O)c(Cc2ccc(OCC(=O)O)c(C=O)c2)c1C. The first-order valence-electron chi connectivity index (χ1n) is 8.60. The van der Waals surface area contributed by atoms with Gasteiger partial charge in [-0.25, -0.2) is 9.59 Å². The summed E-state index contributed by atoms with van der Waals surface area (Å²) >= 11 is 0. The molecule has 0 aliphatic heterocycles. The zero-order valence-electron chi connectivity index (χ0n) is 15.9. The molecular weight excluding hydrogens is 364 g/mol. The minimum Gasteiger partial charge on any atom is -0.481 e. The van der Waals surface area contributed by atoms with E-state index in [1.54, 1.807) is 18.2 Å². The Morgan fingerprint density at radius 3 is 2.21 bits per heavy atom. The van der Waals surface area contributed by atoms with Crippen LogP contribution in [0.2, 0.25) is 0 Å². The van der Waals surface area contributed by atoms with E-state index in [-0.39, 0.29) is 11.3 Å². The molecule has 0 unspecified atom stereocenters. The zero-order valence-corrected chi connectivity index (χ0v) is 15.9. The smallest absolute Gasteiger partial charge is 0.341 e. The molecule has 0 amide bonds. The van der Waals surface area contributed by atoms with E-state index in [9.17, 15) is 14.4 Å². The van der Waals surface area contributed by atoms with Gasteiger partial charge in [-0.3, -0.25) is 4.79 Å². The average Bonchev–Trinajstić information content (AvgIpc) is 2.63. The Hall–Kier alpha value is -3.35. The van der Waals surface area contributed by atoms with E-state index < -0.39 is 25.2 Å². The molecule has 0 fully saturated rings. The van der Waals surface area contributed by atoms with Gasteiger partial charge in [-0.05, 0) is 55.2 Å². The second kappa shape index (κ2) is 9.03. The molecule has 0 radical (unpaired) electrons. The van der Waals surface area contributed by atoms with Crippen molar-refractivity contribution >= 4 is 18.2 Å². The lowest BCUT2D eigenvalue weighted by molar-refractivity contribution is -0.140. The summed E-state index contributed by atoms with van der Waals surface area (Å²) in [6, 6.07) is 6.86. The number of aryl methyl sites for hydroxylation is 2. The summed E-state index contributed by atoms with van der Waals surface area (Å²) in [5.41, 5.74) is 4.73. The number of ether oxygens (including phenoxy) is 2. The summed E-state index contributed by atoms with van der Waals surface area (Å²) in [5.74, 6) is -1.48. The predicted molar refractivity (Wildman–Crippen MR) is 102 cm³/mol. The van der Waals surface area contributed by atoms with Gasteiger partial charge < -0.3 is 19.7 Å². The molecule has 2 aromatic rings. The molecular formula is C21H22O7. The second-order valence-electron chi connectivity index (χ2n) is 6.47. The van der Waals surface area contributed by atoms with Crippen LogP contribution in [-0.4, -0.2) is 41.7 Å². The molecule has 0 atom stereocenters. The standard InChI is InChI=1S/C21H22O7/c1-12-6-13(2)21(28-11-20(25)26)17(14(12)3)8-15-4-5-18(16(7-15)9-22)27-10-19(23)24/h4-7,9H,8,10-11H2,1-3H3,(H,23,24)(H,25,26). The molecule has 0 aliphatic carbocycles. The van der Waals surface area contributed by atoms with Crippen molar-refractivity contribution in [3.63, 3.8) is 0 Å². The number of aldehydes is 1. The molecule has 7 heteroatoms. The maximum absolute atomic E-state index is 11.4. The van der Waals surface area contributed by atoms with Crippen LogP contribution in [0.5, 0.6) is 11.5 Å². The lowest BCUT2D eigenvalue weighted by atomic mass is 9.93. The van der Waals surface area contributed by atoms with Gasteiger partial charge in [0.15, 0.2) is 19.5 Å². The third-order valence-corrected chi connectivity index (χ3v) is 4.38. The molecule has 0 heterocycles. The quantitative estimate of drug-likeness (QED) is 0.638. The Morgan fingerprint density at radius 1 is 0.964 bits per heavy atom. The fraction of sp³-hybridized carbons (Fsp3) is 0.286. The van der Waals surface area contributed by atoms with Crippen molar-refractivity contribution in [2.24, 2.45) is 0 Å². The molecule has 0 aliphatic rings. The van der Waals surface area contributed by atoms with Gasteiger partial charge in [-0.2, -0.15) is 0 Å². The topological polar surface area (TPSA) is 110 Å². The van der Waals surface area contributed by atoms with Crippen LogP contribution in [0.4, 0.5) is 0 Å². The molecule has 0 spiro atoms. The van der Waals surface area contributed by atoms with Gasteiger partial charge in [0, 0.05) is 12.0 Å². The number of carbonyl (C=O) groups excluding carboxylic acids is 1. The Balaban J connectivity index is 2.40.